The highest BCUT2D eigenvalue weighted by molar-refractivity contribution is 6.31. The predicted molar refractivity (Wildman–Crippen MR) is 58.6 cm³/mol. The molecule has 0 radical (unpaired) electrons. The summed E-state index contributed by atoms with van der Waals surface area (Å²) in [5.74, 6) is -0.585. The topological polar surface area (TPSA) is 38.7 Å². The molecule has 0 atom stereocenters. The molecule has 84 valence electrons. The van der Waals surface area contributed by atoms with E-state index in [-0.39, 0.29) is 17.8 Å². The molecule has 3 nitrogen and oxygen atoms in total. The highest BCUT2D eigenvalue weighted by Crippen LogP contribution is 2.17. The first kappa shape index (κ1) is 11.1. The number of aliphatic imine (C=N–C) groups is 1. The zero-order chi connectivity index (χ0) is 11.5. The summed E-state index contributed by atoms with van der Waals surface area (Å²) in [6.07, 6.45) is -0.0166. The fourth-order valence-corrected chi connectivity index (χ4v) is 1.60. The quantitative estimate of drug-likeness (QED) is 0.763. The third-order valence-corrected chi connectivity index (χ3v) is 2.42. The number of nitrogens with zero attached hydrogens (tertiary/aromatic N) is 1. The molecular weight excluding hydrogens is 233 g/mol. The lowest BCUT2D eigenvalue weighted by Crippen LogP contribution is -2.10. The van der Waals surface area contributed by atoms with E-state index in [1.165, 1.54) is 18.2 Å². The van der Waals surface area contributed by atoms with Crippen molar-refractivity contribution >= 4 is 23.3 Å². The smallest absolute Gasteiger partial charge is 0.191 e. The van der Waals surface area contributed by atoms with Crippen LogP contribution in [-0.2, 0) is 4.74 Å². The number of carbonyl (C=O) groups excluding carboxylic acids is 1. The van der Waals surface area contributed by atoms with Crippen LogP contribution in [-0.4, -0.2) is 24.8 Å². The zero-order valence-electron chi connectivity index (χ0n) is 8.37. The number of benzene rings is 1. The van der Waals surface area contributed by atoms with Gasteiger partial charge in [0.1, 0.15) is 12.4 Å². The van der Waals surface area contributed by atoms with E-state index >= 15 is 0 Å². The van der Waals surface area contributed by atoms with Crippen molar-refractivity contribution < 1.29 is 13.9 Å². The molecule has 1 heterocycles. The van der Waals surface area contributed by atoms with Gasteiger partial charge in [0.05, 0.1) is 18.5 Å². The fourth-order valence-electron chi connectivity index (χ4n) is 1.43. The molecule has 0 aromatic heterocycles. The molecule has 16 heavy (non-hydrogen) atoms. The first-order chi connectivity index (χ1) is 7.66. The van der Waals surface area contributed by atoms with E-state index in [0.717, 1.165) is 0 Å². The van der Waals surface area contributed by atoms with Gasteiger partial charge >= 0.3 is 0 Å². The minimum Gasteiger partial charge on any atom is -0.479 e. The average Bonchev–Trinajstić information content (AvgIpc) is 2.74. The summed E-state index contributed by atoms with van der Waals surface area (Å²) in [5.41, 5.74) is -0.0225. The van der Waals surface area contributed by atoms with E-state index < -0.39 is 5.82 Å². The summed E-state index contributed by atoms with van der Waals surface area (Å²) >= 11 is 5.70. The summed E-state index contributed by atoms with van der Waals surface area (Å²) in [7, 11) is 0. The number of carbonyl (C=O) groups is 1. The van der Waals surface area contributed by atoms with E-state index in [1.54, 1.807) is 0 Å². The fraction of sp³-hybridized carbons (Fsp3) is 0.273. The SMILES string of the molecule is O=C(CC1=NCCO1)c1cc(Cl)ccc1F. The van der Waals surface area contributed by atoms with E-state index in [9.17, 15) is 9.18 Å². The molecule has 0 amide bonds. The van der Waals surface area contributed by atoms with Crippen LogP contribution >= 0.6 is 11.6 Å². The van der Waals surface area contributed by atoms with Crippen molar-refractivity contribution in [3.63, 3.8) is 0 Å². The number of Topliss-reactive ketones (excluding diaryl/α,β-unsaturated/α-hetero) is 1. The first-order valence-corrected chi connectivity index (χ1v) is 5.19. The molecule has 2 rings (SSSR count). The van der Waals surface area contributed by atoms with Crippen molar-refractivity contribution in [2.45, 2.75) is 6.42 Å². The second-order valence-electron chi connectivity index (χ2n) is 3.35. The van der Waals surface area contributed by atoms with Crippen LogP contribution in [0.4, 0.5) is 4.39 Å². The predicted octanol–water partition coefficient (Wildman–Crippen LogP) is 2.48. The summed E-state index contributed by atoms with van der Waals surface area (Å²) in [6.45, 7) is 1.04. The number of rotatable bonds is 3. The van der Waals surface area contributed by atoms with Crippen molar-refractivity contribution in [1.82, 2.24) is 0 Å². The Labute approximate surface area is 96.9 Å². The molecule has 1 aromatic rings. The highest BCUT2D eigenvalue weighted by Gasteiger charge is 2.17. The van der Waals surface area contributed by atoms with Gasteiger partial charge in [-0.1, -0.05) is 11.6 Å². The summed E-state index contributed by atoms with van der Waals surface area (Å²) in [5, 5.41) is 0.332. The van der Waals surface area contributed by atoms with Crippen LogP contribution < -0.4 is 0 Å². The van der Waals surface area contributed by atoms with Crippen molar-refractivity contribution in [2.75, 3.05) is 13.2 Å². The Kier molecular flexibility index (Phi) is 3.19. The molecule has 1 aromatic carbocycles. The number of halogens is 2. The standard InChI is InChI=1S/C11H9ClFNO2/c12-7-1-2-9(13)8(5-7)10(15)6-11-14-3-4-16-11/h1-2,5H,3-4,6H2. The Bertz CT molecular complexity index is 459. The summed E-state index contributed by atoms with van der Waals surface area (Å²) < 4.78 is 18.4. The maximum absolute atomic E-state index is 13.3. The van der Waals surface area contributed by atoms with Crippen LogP contribution in [0.3, 0.4) is 0 Å². The average molecular weight is 242 g/mol. The van der Waals surface area contributed by atoms with Crippen LogP contribution in [0.25, 0.3) is 0 Å². The number of ether oxygens (including phenoxy) is 1. The number of ketones is 1. The molecule has 0 N–H and O–H groups in total. The molecule has 0 unspecified atom stereocenters. The summed E-state index contributed by atoms with van der Waals surface area (Å²) in [4.78, 5) is 15.7. The lowest BCUT2D eigenvalue weighted by Gasteiger charge is -2.03. The number of hydrogen-bond acceptors (Lipinski definition) is 3. The van der Waals surface area contributed by atoms with Crippen molar-refractivity contribution in [2.24, 2.45) is 4.99 Å². The molecule has 1 aliphatic rings. The molecule has 0 saturated carbocycles. The van der Waals surface area contributed by atoms with Gasteiger partial charge in [0.15, 0.2) is 11.7 Å². The number of hydrogen-bond donors (Lipinski definition) is 0. The van der Waals surface area contributed by atoms with Crippen LogP contribution in [0.5, 0.6) is 0 Å². The van der Waals surface area contributed by atoms with Gasteiger partial charge in [-0.15, -0.1) is 0 Å². The van der Waals surface area contributed by atoms with Crippen LogP contribution in [0.2, 0.25) is 5.02 Å². The normalized spacial score (nSPS) is 14.5. The van der Waals surface area contributed by atoms with E-state index in [0.29, 0.717) is 24.1 Å². The van der Waals surface area contributed by atoms with Gasteiger partial charge in [0.2, 0.25) is 0 Å². The first-order valence-electron chi connectivity index (χ1n) is 4.81. The second kappa shape index (κ2) is 4.61. The lowest BCUT2D eigenvalue weighted by atomic mass is 10.1. The zero-order valence-corrected chi connectivity index (χ0v) is 9.13. The van der Waals surface area contributed by atoms with Crippen LogP contribution in [0, 0.1) is 5.82 Å². The Balaban J connectivity index is 2.16. The molecule has 1 aliphatic heterocycles. The van der Waals surface area contributed by atoms with Gasteiger partial charge in [-0.2, -0.15) is 0 Å². The molecule has 0 spiro atoms. The van der Waals surface area contributed by atoms with Gasteiger partial charge in [0.25, 0.3) is 0 Å². The molecule has 0 aliphatic carbocycles. The molecule has 0 saturated heterocycles. The molecular formula is C11H9ClFNO2. The minimum absolute atomic E-state index is 0.0166. The molecule has 0 fully saturated rings. The summed E-state index contributed by atoms with van der Waals surface area (Å²) in [6, 6.07) is 3.89. The van der Waals surface area contributed by atoms with Gasteiger partial charge in [-0.25, -0.2) is 4.39 Å². The van der Waals surface area contributed by atoms with Gasteiger partial charge < -0.3 is 4.74 Å². The van der Waals surface area contributed by atoms with E-state index in [1.807, 2.05) is 0 Å². The maximum atomic E-state index is 13.3. The molecule has 0 bridgehead atoms. The Morgan fingerprint density at radius 2 is 2.38 bits per heavy atom. The Morgan fingerprint density at radius 1 is 1.56 bits per heavy atom. The third-order valence-electron chi connectivity index (χ3n) is 2.19. The van der Waals surface area contributed by atoms with Crippen molar-refractivity contribution in [1.29, 1.82) is 0 Å². The minimum atomic E-state index is -0.576. The van der Waals surface area contributed by atoms with Crippen LogP contribution in [0.1, 0.15) is 16.8 Å². The van der Waals surface area contributed by atoms with Crippen LogP contribution in [0.15, 0.2) is 23.2 Å². The largest absolute Gasteiger partial charge is 0.479 e. The van der Waals surface area contributed by atoms with E-state index in [4.69, 9.17) is 16.3 Å². The van der Waals surface area contributed by atoms with Gasteiger partial charge in [-0.05, 0) is 18.2 Å². The monoisotopic (exact) mass is 241 g/mol. The second-order valence-corrected chi connectivity index (χ2v) is 3.78. The van der Waals surface area contributed by atoms with Gasteiger partial charge in [0, 0.05) is 5.02 Å². The van der Waals surface area contributed by atoms with Crippen molar-refractivity contribution in [3.8, 4) is 0 Å². The lowest BCUT2D eigenvalue weighted by molar-refractivity contribution is 0.0991. The Hall–Kier alpha value is -1.42. The van der Waals surface area contributed by atoms with Crippen molar-refractivity contribution in [3.05, 3.63) is 34.6 Å². The highest BCUT2D eigenvalue weighted by atomic mass is 35.5. The van der Waals surface area contributed by atoms with Gasteiger partial charge in [-0.3, -0.25) is 9.79 Å². The molecule has 5 heteroatoms. The third kappa shape index (κ3) is 2.39. The van der Waals surface area contributed by atoms with E-state index in [2.05, 4.69) is 4.99 Å². The Morgan fingerprint density at radius 3 is 3.06 bits per heavy atom. The maximum Gasteiger partial charge on any atom is 0.191 e.